The maximum atomic E-state index is 7.00. The fourth-order valence-corrected chi connectivity index (χ4v) is 7.21. The number of nitrogens with two attached hydrogens (primary N) is 1. The summed E-state index contributed by atoms with van der Waals surface area (Å²) in [6.45, 7) is 7.40. The van der Waals surface area contributed by atoms with Crippen molar-refractivity contribution < 1.29 is 0 Å². The zero-order chi connectivity index (χ0) is 11.7. The maximum absolute atomic E-state index is 7.00. The predicted molar refractivity (Wildman–Crippen MR) is 73.5 cm³/mol. The Labute approximate surface area is 106 Å². The van der Waals surface area contributed by atoms with Gasteiger partial charge in [-0.05, 0) is 38.5 Å². The standard InChI is InChI=1S/C12H26N4P/c13-17(14-7-1-2-8-14,15-9-3-4-10-15)16-11-5-6-12-16/h1-13H2/q+1. The van der Waals surface area contributed by atoms with Crippen LogP contribution in [0, 0.1) is 0 Å². The molecule has 0 amide bonds. The SMILES string of the molecule is N[P+](N1CCCC1)(N1CCCC1)N1CCCC1. The largest absolute Gasteiger partial charge is 0.303 e. The van der Waals surface area contributed by atoms with Gasteiger partial charge in [-0.25, -0.2) is 0 Å². The van der Waals surface area contributed by atoms with Crippen molar-refractivity contribution in [2.45, 2.75) is 38.5 Å². The van der Waals surface area contributed by atoms with Gasteiger partial charge < -0.3 is 0 Å². The smallest absolute Gasteiger partial charge is 0.158 e. The Bertz CT molecular complexity index is 214. The second-order valence-corrected chi connectivity index (χ2v) is 8.52. The van der Waals surface area contributed by atoms with Crippen molar-refractivity contribution in [1.82, 2.24) is 14.0 Å². The van der Waals surface area contributed by atoms with Gasteiger partial charge in [-0.2, -0.15) is 5.50 Å². The predicted octanol–water partition coefficient (Wildman–Crippen LogP) is 1.91. The van der Waals surface area contributed by atoms with Gasteiger partial charge in [-0.1, -0.05) is 0 Å². The van der Waals surface area contributed by atoms with Gasteiger partial charge in [0.25, 0.3) is 0 Å². The van der Waals surface area contributed by atoms with Crippen molar-refractivity contribution >= 4 is 7.87 Å². The Morgan fingerprint density at radius 3 is 1.00 bits per heavy atom. The van der Waals surface area contributed by atoms with E-state index < -0.39 is 7.87 Å². The van der Waals surface area contributed by atoms with Crippen LogP contribution in [-0.2, 0) is 0 Å². The summed E-state index contributed by atoms with van der Waals surface area (Å²) < 4.78 is 7.93. The highest BCUT2D eigenvalue weighted by Gasteiger charge is 2.55. The van der Waals surface area contributed by atoms with Gasteiger partial charge in [0.1, 0.15) is 0 Å². The van der Waals surface area contributed by atoms with Crippen LogP contribution in [0.3, 0.4) is 0 Å². The molecule has 0 bridgehead atoms. The van der Waals surface area contributed by atoms with Gasteiger partial charge in [0.2, 0.25) is 0 Å². The van der Waals surface area contributed by atoms with E-state index in [1.54, 1.807) is 0 Å². The molecule has 0 atom stereocenters. The lowest BCUT2D eigenvalue weighted by molar-refractivity contribution is 0.372. The van der Waals surface area contributed by atoms with Crippen molar-refractivity contribution in [3.8, 4) is 0 Å². The number of hydrogen-bond acceptors (Lipinski definition) is 4. The molecule has 0 saturated carbocycles. The highest BCUT2D eigenvalue weighted by Crippen LogP contribution is 2.63. The van der Waals surface area contributed by atoms with E-state index in [-0.39, 0.29) is 0 Å². The molecule has 3 aliphatic heterocycles. The topological polar surface area (TPSA) is 35.7 Å². The number of hydrogen-bond donors (Lipinski definition) is 1. The van der Waals surface area contributed by atoms with E-state index in [1.807, 2.05) is 0 Å². The van der Waals surface area contributed by atoms with E-state index in [0.29, 0.717) is 0 Å². The lowest BCUT2D eigenvalue weighted by atomic mass is 10.4. The van der Waals surface area contributed by atoms with E-state index in [4.69, 9.17) is 5.50 Å². The first-order valence-corrected chi connectivity index (χ1v) is 8.97. The highest BCUT2D eigenvalue weighted by atomic mass is 31.2. The number of nitrogens with zero attached hydrogens (tertiary/aromatic N) is 3. The molecule has 3 saturated heterocycles. The van der Waals surface area contributed by atoms with Crippen LogP contribution in [0.5, 0.6) is 0 Å². The van der Waals surface area contributed by atoms with Gasteiger partial charge >= 0.3 is 7.87 Å². The Hall–Kier alpha value is 0.270. The summed E-state index contributed by atoms with van der Waals surface area (Å²) in [6.07, 6.45) is 8.09. The average Bonchev–Trinajstić information content (AvgIpc) is 3.10. The molecule has 0 unspecified atom stereocenters. The van der Waals surface area contributed by atoms with Crippen LogP contribution in [0.25, 0.3) is 0 Å². The van der Waals surface area contributed by atoms with Crippen LogP contribution in [-0.4, -0.2) is 53.3 Å². The summed E-state index contributed by atoms with van der Waals surface area (Å²) in [5.74, 6) is 0. The lowest BCUT2D eigenvalue weighted by Gasteiger charge is -2.40. The molecule has 17 heavy (non-hydrogen) atoms. The lowest BCUT2D eigenvalue weighted by Crippen LogP contribution is -2.46. The van der Waals surface area contributed by atoms with E-state index in [1.165, 1.54) is 77.8 Å². The first-order valence-electron chi connectivity index (χ1n) is 7.26. The summed E-state index contributed by atoms with van der Waals surface area (Å²) in [4.78, 5) is 0. The normalized spacial score (nSPS) is 29.5. The van der Waals surface area contributed by atoms with Crippen LogP contribution in [0.15, 0.2) is 0 Å². The minimum atomic E-state index is -1.61. The molecule has 0 spiro atoms. The van der Waals surface area contributed by atoms with Crippen LogP contribution >= 0.6 is 7.87 Å². The Kier molecular flexibility index (Phi) is 3.69. The minimum absolute atomic E-state index is 1.23. The third-order valence-corrected chi connectivity index (χ3v) is 8.19. The van der Waals surface area contributed by atoms with E-state index in [0.717, 1.165) is 0 Å². The second-order valence-electron chi connectivity index (χ2n) is 5.60. The summed E-state index contributed by atoms with van der Waals surface area (Å²) in [7, 11) is -1.61. The Morgan fingerprint density at radius 2 is 0.765 bits per heavy atom. The highest BCUT2D eigenvalue weighted by molar-refractivity contribution is 7.66. The summed E-state index contributed by atoms with van der Waals surface area (Å²) in [5.41, 5.74) is 7.00. The molecule has 3 heterocycles. The Balaban J connectivity index is 1.81. The number of rotatable bonds is 3. The summed E-state index contributed by atoms with van der Waals surface area (Å²) >= 11 is 0. The maximum Gasteiger partial charge on any atom is 0.303 e. The quantitative estimate of drug-likeness (QED) is 0.783. The monoisotopic (exact) mass is 257 g/mol. The minimum Gasteiger partial charge on any atom is -0.158 e. The van der Waals surface area contributed by atoms with Gasteiger partial charge in [0.05, 0.1) is 0 Å². The molecule has 4 nitrogen and oxygen atoms in total. The van der Waals surface area contributed by atoms with Crippen molar-refractivity contribution in [2.75, 3.05) is 39.3 Å². The molecular weight excluding hydrogens is 231 g/mol. The van der Waals surface area contributed by atoms with Crippen molar-refractivity contribution in [1.29, 1.82) is 0 Å². The molecular formula is C12H26N4P+. The Morgan fingerprint density at radius 1 is 0.529 bits per heavy atom. The third kappa shape index (κ3) is 2.15. The van der Waals surface area contributed by atoms with Gasteiger partial charge in [-0.15, -0.1) is 14.0 Å². The van der Waals surface area contributed by atoms with Crippen molar-refractivity contribution in [3.63, 3.8) is 0 Å². The van der Waals surface area contributed by atoms with Gasteiger partial charge in [-0.3, -0.25) is 0 Å². The first-order chi connectivity index (χ1) is 8.32. The molecule has 0 aromatic rings. The molecule has 3 rings (SSSR count). The molecule has 3 fully saturated rings. The first kappa shape index (κ1) is 12.3. The van der Waals surface area contributed by atoms with Crippen molar-refractivity contribution in [2.24, 2.45) is 5.50 Å². The second kappa shape index (κ2) is 5.10. The summed E-state index contributed by atoms with van der Waals surface area (Å²) in [6, 6.07) is 0. The van der Waals surface area contributed by atoms with Crippen LogP contribution in [0.1, 0.15) is 38.5 Å². The average molecular weight is 257 g/mol. The van der Waals surface area contributed by atoms with Crippen LogP contribution in [0.2, 0.25) is 0 Å². The molecule has 0 aromatic carbocycles. The van der Waals surface area contributed by atoms with Gasteiger partial charge in [0, 0.05) is 39.3 Å². The zero-order valence-corrected chi connectivity index (χ0v) is 11.7. The molecule has 2 N–H and O–H groups in total. The zero-order valence-electron chi connectivity index (χ0n) is 10.9. The third-order valence-electron chi connectivity index (χ3n) is 4.50. The summed E-state index contributed by atoms with van der Waals surface area (Å²) in [5, 5.41) is 0. The molecule has 98 valence electrons. The van der Waals surface area contributed by atoms with Crippen LogP contribution < -0.4 is 5.50 Å². The fraction of sp³-hybridized carbons (Fsp3) is 1.00. The molecule has 0 aromatic heterocycles. The van der Waals surface area contributed by atoms with Gasteiger partial charge in [0.15, 0.2) is 0 Å². The van der Waals surface area contributed by atoms with E-state index in [9.17, 15) is 0 Å². The van der Waals surface area contributed by atoms with Crippen LogP contribution in [0.4, 0.5) is 0 Å². The van der Waals surface area contributed by atoms with Crippen molar-refractivity contribution in [3.05, 3.63) is 0 Å². The molecule has 3 aliphatic rings. The molecule has 0 radical (unpaired) electrons. The fourth-order valence-electron chi connectivity index (χ4n) is 3.52. The van der Waals surface area contributed by atoms with E-state index >= 15 is 0 Å². The molecule has 0 aliphatic carbocycles. The molecule has 5 heteroatoms. The van der Waals surface area contributed by atoms with E-state index in [2.05, 4.69) is 14.0 Å².